The Hall–Kier alpha value is -3.44. The zero-order chi connectivity index (χ0) is 26.4. The van der Waals surface area contributed by atoms with Gasteiger partial charge in [0.15, 0.2) is 0 Å². The summed E-state index contributed by atoms with van der Waals surface area (Å²) in [5.41, 5.74) is 3.84. The third-order valence-electron chi connectivity index (χ3n) is 6.26. The fourth-order valence-corrected chi connectivity index (χ4v) is 4.34. The molecule has 1 aromatic heterocycles. The van der Waals surface area contributed by atoms with Crippen molar-refractivity contribution in [3.8, 4) is 11.3 Å². The fourth-order valence-electron chi connectivity index (χ4n) is 4.34. The number of benzene rings is 2. The number of aromatic nitrogens is 2. The Morgan fingerprint density at radius 2 is 1.84 bits per heavy atom. The molecule has 2 aliphatic rings. The summed E-state index contributed by atoms with van der Waals surface area (Å²) in [6.45, 7) is 4.37. The smallest absolute Gasteiger partial charge is 0.475 e. The van der Waals surface area contributed by atoms with E-state index in [9.17, 15) is 17.6 Å². The number of ether oxygens (including phenoxy) is 1. The molecule has 1 saturated heterocycles. The second-order valence-corrected chi connectivity index (χ2v) is 8.87. The first kappa shape index (κ1) is 26.6. The number of halogens is 4. The minimum absolute atomic E-state index is 0.149. The van der Waals surface area contributed by atoms with E-state index in [2.05, 4.69) is 33.1 Å². The average molecular weight is 521 g/mol. The zero-order valence-electron chi connectivity index (χ0n) is 20.0. The van der Waals surface area contributed by atoms with Crippen LogP contribution in [0, 0.1) is 5.82 Å². The number of imidazole rings is 1. The van der Waals surface area contributed by atoms with Gasteiger partial charge in [0.1, 0.15) is 11.6 Å². The molecule has 2 aromatic carbocycles. The zero-order valence-corrected chi connectivity index (χ0v) is 20.0. The molecule has 0 saturated carbocycles. The third kappa shape index (κ3) is 7.07. The molecule has 2 aliphatic heterocycles. The maximum absolute atomic E-state index is 14.6. The predicted octanol–water partition coefficient (Wildman–Crippen LogP) is 4.26. The number of nitrogens with zero attached hydrogens (tertiary/aromatic N) is 3. The van der Waals surface area contributed by atoms with Gasteiger partial charge in [0.05, 0.1) is 24.6 Å². The van der Waals surface area contributed by atoms with E-state index in [1.807, 2.05) is 30.3 Å². The van der Waals surface area contributed by atoms with E-state index in [0.29, 0.717) is 31.5 Å². The van der Waals surface area contributed by atoms with Gasteiger partial charge in [-0.2, -0.15) is 13.2 Å². The number of carboxylic acid groups (broad SMARTS) is 1. The number of rotatable bonds is 5. The Kier molecular flexibility index (Phi) is 8.45. The van der Waals surface area contributed by atoms with Gasteiger partial charge in [-0.15, -0.1) is 0 Å². The van der Waals surface area contributed by atoms with E-state index in [0.717, 1.165) is 55.1 Å². The second-order valence-electron chi connectivity index (χ2n) is 8.87. The van der Waals surface area contributed by atoms with E-state index >= 15 is 0 Å². The molecule has 3 aromatic rings. The molecule has 11 heteroatoms. The molecule has 0 aliphatic carbocycles. The molecule has 2 N–H and O–H groups in total. The van der Waals surface area contributed by atoms with Crippen LogP contribution in [0.5, 0.6) is 0 Å². The van der Waals surface area contributed by atoms with Crippen LogP contribution < -0.4 is 10.2 Å². The second kappa shape index (κ2) is 11.7. The Morgan fingerprint density at radius 3 is 2.49 bits per heavy atom. The highest BCUT2D eigenvalue weighted by atomic mass is 19.4. The first-order chi connectivity index (χ1) is 17.7. The summed E-state index contributed by atoms with van der Waals surface area (Å²) in [6, 6.07) is 16.3. The normalized spacial score (nSPS) is 17.5. The van der Waals surface area contributed by atoms with Gasteiger partial charge >= 0.3 is 12.1 Å². The molecular formula is C26H28F4N4O3. The van der Waals surface area contributed by atoms with Crippen LogP contribution in [0.4, 0.5) is 23.2 Å². The van der Waals surface area contributed by atoms with E-state index in [4.69, 9.17) is 19.6 Å². The average Bonchev–Trinajstić information content (AvgIpc) is 3.32. The number of aliphatic carboxylic acids is 1. The number of carboxylic acids is 1. The topological polar surface area (TPSA) is 79.6 Å². The van der Waals surface area contributed by atoms with Crippen molar-refractivity contribution in [1.29, 1.82) is 0 Å². The molecule has 1 atom stereocenters. The quantitative estimate of drug-likeness (QED) is 0.490. The van der Waals surface area contributed by atoms with Crippen molar-refractivity contribution in [2.24, 2.45) is 0 Å². The van der Waals surface area contributed by atoms with Gasteiger partial charge in [0.25, 0.3) is 0 Å². The Balaban J connectivity index is 0.000000405. The number of fused-ring (bicyclic) bond motifs is 1. The Labute approximate surface area is 211 Å². The van der Waals surface area contributed by atoms with Gasteiger partial charge in [0.2, 0.25) is 0 Å². The molecule has 5 rings (SSSR count). The lowest BCUT2D eigenvalue weighted by molar-refractivity contribution is -0.192. The lowest BCUT2D eigenvalue weighted by Crippen LogP contribution is -2.37. The predicted molar refractivity (Wildman–Crippen MR) is 130 cm³/mol. The van der Waals surface area contributed by atoms with Gasteiger partial charge < -0.3 is 24.6 Å². The minimum atomic E-state index is -5.08. The first-order valence-electron chi connectivity index (χ1n) is 12.0. The number of carbonyl (C=O) groups is 1. The lowest BCUT2D eigenvalue weighted by atomic mass is 10.1. The number of aryl methyl sites for hydroxylation is 1. The molecule has 0 bridgehead atoms. The summed E-state index contributed by atoms with van der Waals surface area (Å²) in [6.07, 6.45) is -0.941. The van der Waals surface area contributed by atoms with Gasteiger partial charge in [-0.3, -0.25) is 0 Å². The highest BCUT2D eigenvalue weighted by molar-refractivity contribution is 5.73. The summed E-state index contributed by atoms with van der Waals surface area (Å²) >= 11 is 0. The van der Waals surface area contributed by atoms with Crippen molar-refractivity contribution in [2.45, 2.75) is 38.1 Å². The Morgan fingerprint density at radius 1 is 1.14 bits per heavy atom. The van der Waals surface area contributed by atoms with Crippen molar-refractivity contribution in [3.05, 3.63) is 71.9 Å². The van der Waals surface area contributed by atoms with E-state index in [1.54, 1.807) is 6.07 Å². The van der Waals surface area contributed by atoms with E-state index < -0.39 is 12.1 Å². The monoisotopic (exact) mass is 520 g/mol. The number of alkyl halides is 3. The summed E-state index contributed by atoms with van der Waals surface area (Å²) in [4.78, 5) is 15.8. The largest absolute Gasteiger partial charge is 0.490 e. The molecular weight excluding hydrogens is 492 g/mol. The van der Waals surface area contributed by atoms with Crippen LogP contribution in [0.3, 0.4) is 0 Å². The summed E-state index contributed by atoms with van der Waals surface area (Å²) in [7, 11) is 0. The van der Waals surface area contributed by atoms with Gasteiger partial charge in [0, 0.05) is 50.4 Å². The summed E-state index contributed by atoms with van der Waals surface area (Å²) in [5.74, 6) is -1.76. The van der Waals surface area contributed by atoms with Crippen molar-refractivity contribution < 1.29 is 32.2 Å². The number of morpholine rings is 1. The SMILES string of the molecule is Fc1cc(CNC2CCc3nc(-c4ccccc4)cn3C2)ccc1N1CCOCC1.O=C(O)C(F)(F)F. The van der Waals surface area contributed by atoms with Gasteiger partial charge in [-0.1, -0.05) is 36.4 Å². The van der Waals surface area contributed by atoms with Crippen LogP contribution in [0.15, 0.2) is 54.7 Å². The first-order valence-corrected chi connectivity index (χ1v) is 12.0. The van der Waals surface area contributed by atoms with Crippen molar-refractivity contribution >= 4 is 11.7 Å². The van der Waals surface area contributed by atoms with Crippen molar-refractivity contribution in [2.75, 3.05) is 31.2 Å². The minimum Gasteiger partial charge on any atom is -0.475 e. The highest BCUT2D eigenvalue weighted by Gasteiger charge is 2.38. The van der Waals surface area contributed by atoms with Crippen LogP contribution in [0.25, 0.3) is 11.3 Å². The molecule has 0 spiro atoms. The van der Waals surface area contributed by atoms with Crippen molar-refractivity contribution in [3.63, 3.8) is 0 Å². The Bertz CT molecular complexity index is 1190. The standard InChI is InChI=1S/C24H27FN4O.C2HF3O2/c25-21-14-18(6-8-23(21)28-10-12-30-13-11-28)15-26-20-7-9-24-27-22(17-29(24)16-20)19-4-2-1-3-5-19;3-2(4,5)1(6)7/h1-6,8,14,17,20,26H,7,9-13,15-16H2;(H,6,7). The number of anilines is 1. The lowest BCUT2D eigenvalue weighted by Gasteiger charge is -2.29. The molecule has 198 valence electrons. The van der Waals surface area contributed by atoms with E-state index in [1.165, 1.54) is 0 Å². The van der Waals surface area contributed by atoms with Gasteiger partial charge in [-0.25, -0.2) is 14.2 Å². The molecule has 7 nitrogen and oxygen atoms in total. The maximum Gasteiger partial charge on any atom is 0.490 e. The molecule has 1 fully saturated rings. The molecule has 0 radical (unpaired) electrons. The molecule has 3 heterocycles. The maximum atomic E-state index is 14.6. The van der Waals surface area contributed by atoms with Crippen LogP contribution >= 0.6 is 0 Å². The van der Waals surface area contributed by atoms with Crippen LogP contribution in [-0.2, 0) is 29.0 Å². The number of hydrogen-bond acceptors (Lipinski definition) is 5. The number of nitrogens with one attached hydrogen (secondary N) is 1. The van der Waals surface area contributed by atoms with E-state index in [-0.39, 0.29) is 5.82 Å². The van der Waals surface area contributed by atoms with Crippen LogP contribution in [-0.4, -0.2) is 59.1 Å². The summed E-state index contributed by atoms with van der Waals surface area (Å²) < 4.78 is 54.0. The van der Waals surface area contributed by atoms with Crippen LogP contribution in [0.1, 0.15) is 17.8 Å². The van der Waals surface area contributed by atoms with Crippen molar-refractivity contribution in [1.82, 2.24) is 14.9 Å². The van der Waals surface area contributed by atoms with Gasteiger partial charge in [-0.05, 0) is 24.1 Å². The van der Waals surface area contributed by atoms with Crippen LogP contribution in [0.2, 0.25) is 0 Å². The fraction of sp³-hybridized carbons (Fsp3) is 0.385. The summed E-state index contributed by atoms with van der Waals surface area (Å²) in [5, 5.41) is 10.7. The molecule has 0 amide bonds. The third-order valence-corrected chi connectivity index (χ3v) is 6.26. The number of hydrogen-bond donors (Lipinski definition) is 2. The molecule has 1 unspecified atom stereocenters. The molecule has 37 heavy (non-hydrogen) atoms. The highest BCUT2D eigenvalue weighted by Crippen LogP contribution is 2.24.